The van der Waals surface area contributed by atoms with Gasteiger partial charge in [-0.3, -0.25) is 4.79 Å². The highest BCUT2D eigenvalue weighted by atomic mass is 32.2. The molecule has 12 heteroatoms. The predicted octanol–water partition coefficient (Wildman–Crippen LogP) is 3.87. The van der Waals surface area contributed by atoms with Gasteiger partial charge in [-0.1, -0.05) is 34.9 Å². The third-order valence-corrected chi connectivity index (χ3v) is 5.22. The number of rotatable bonds is 8. The van der Waals surface area contributed by atoms with Crippen LogP contribution < -0.4 is 0 Å². The highest BCUT2D eigenvalue weighted by molar-refractivity contribution is 8.02. The first kappa shape index (κ1) is 19.4. The van der Waals surface area contributed by atoms with Crippen molar-refractivity contribution in [3.8, 4) is 0 Å². The molecule has 1 rings (SSSR count). The molecule has 0 radical (unpaired) electrons. The van der Waals surface area contributed by atoms with E-state index in [0.29, 0.717) is 4.34 Å². The topological polar surface area (TPSA) is 52.1 Å². The van der Waals surface area contributed by atoms with Crippen molar-refractivity contribution in [2.75, 3.05) is 18.6 Å². The molecule has 0 aliphatic rings. The average Bonchev–Trinajstić information content (AvgIpc) is 2.85. The van der Waals surface area contributed by atoms with Crippen LogP contribution in [0.25, 0.3) is 0 Å². The van der Waals surface area contributed by atoms with E-state index in [2.05, 4.69) is 14.9 Å². The number of ether oxygens (including phenoxy) is 1. The molecule has 1 aromatic rings. The molecule has 0 bridgehead atoms. The lowest BCUT2D eigenvalue weighted by atomic mass is 10.2. The summed E-state index contributed by atoms with van der Waals surface area (Å²) in [5, 5.41) is 7.68. The maximum absolute atomic E-state index is 12.6. The molecule has 0 amide bonds. The molecule has 1 aromatic heterocycles. The molecule has 0 aromatic carbocycles. The zero-order chi connectivity index (χ0) is 16.8. The van der Waals surface area contributed by atoms with Crippen LogP contribution in [-0.2, 0) is 9.53 Å². The Morgan fingerprint density at radius 2 is 1.86 bits per heavy atom. The first-order valence-corrected chi connectivity index (χ1v) is 8.79. The van der Waals surface area contributed by atoms with Crippen molar-refractivity contribution in [3.63, 3.8) is 0 Å². The zero-order valence-electron chi connectivity index (χ0n) is 11.2. The van der Waals surface area contributed by atoms with Gasteiger partial charge in [0.1, 0.15) is 0 Å². The first-order chi connectivity index (χ1) is 10.2. The number of carbonyl (C=O) groups is 1. The summed E-state index contributed by atoms with van der Waals surface area (Å²) in [4.78, 5) is 11.2. The van der Waals surface area contributed by atoms with Crippen LogP contribution in [0.1, 0.15) is 12.8 Å². The van der Waals surface area contributed by atoms with Crippen molar-refractivity contribution in [3.05, 3.63) is 0 Å². The van der Waals surface area contributed by atoms with E-state index in [1.54, 1.807) is 0 Å². The summed E-state index contributed by atoms with van der Waals surface area (Å²) < 4.78 is 66.5. The highest BCUT2D eigenvalue weighted by Crippen LogP contribution is 2.37. The van der Waals surface area contributed by atoms with Gasteiger partial charge in [0.15, 0.2) is 8.68 Å². The zero-order valence-corrected chi connectivity index (χ0v) is 13.6. The van der Waals surface area contributed by atoms with Crippen molar-refractivity contribution < 1.29 is 31.5 Å². The van der Waals surface area contributed by atoms with E-state index in [4.69, 9.17) is 0 Å². The normalized spacial score (nSPS) is 12.5. The Balaban J connectivity index is 2.21. The van der Waals surface area contributed by atoms with Gasteiger partial charge in [-0.25, -0.2) is 0 Å². The van der Waals surface area contributed by atoms with Crippen molar-refractivity contribution in [1.29, 1.82) is 0 Å². The fraction of sp³-hybridized carbons (Fsp3) is 0.700. The molecule has 22 heavy (non-hydrogen) atoms. The number of hydrogen-bond donors (Lipinski definition) is 0. The van der Waals surface area contributed by atoms with E-state index in [0.717, 1.165) is 4.34 Å². The van der Waals surface area contributed by atoms with Crippen LogP contribution in [0.15, 0.2) is 8.68 Å². The number of halogens is 5. The van der Waals surface area contributed by atoms with E-state index in [9.17, 15) is 26.7 Å². The molecule has 0 atom stereocenters. The van der Waals surface area contributed by atoms with Crippen LogP contribution in [-0.4, -0.2) is 46.9 Å². The fourth-order valence-corrected chi connectivity index (χ4v) is 3.49. The summed E-state index contributed by atoms with van der Waals surface area (Å²) in [5.74, 6) is -5.42. The average molecular weight is 382 g/mol. The summed E-state index contributed by atoms with van der Waals surface area (Å²) in [7, 11) is 0. The minimum atomic E-state index is -5.64. The third-order valence-electron chi connectivity index (χ3n) is 2.19. The molecule has 4 nitrogen and oxygen atoms in total. The van der Waals surface area contributed by atoms with Crippen LogP contribution in [0.5, 0.6) is 0 Å². The molecule has 0 saturated heterocycles. The van der Waals surface area contributed by atoms with Gasteiger partial charge in [-0.2, -0.15) is 22.0 Å². The molecule has 0 aliphatic heterocycles. The predicted molar refractivity (Wildman–Crippen MR) is 73.6 cm³/mol. The number of hydrogen-bond acceptors (Lipinski definition) is 7. The van der Waals surface area contributed by atoms with Crippen molar-refractivity contribution in [2.24, 2.45) is 0 Å². The van der Waals surface area contributed by atoms with Gasteiger partial charge in [-0.05, 0) is 6.26 Å². The van der Waals surface area contributed by atoms with Gasteiger partial charge in [0.25, 0.3) is 0 Å². The van der Waals surface area contributed by atoms with Gasteiger partial charge in [0.05, 0.1) is 19.4 Å². The van der Waals surface area contributed by atoms with Crippen LogP contribution >= 0.6 is 34.9 Å². The van der Waals surface area contributed by atoms with Crippen molar-refractivity contribution in [2.45, 2.75) is 33.6 Å². The maximum Gasteiger partial charge on any atom is 0.453 e. The monoisotopic (exact) mass is 382 g/mol. The van der Waals surface area contributed by atoms with Crippen LogP contribution in [0.2, 0.25) is 0 Å². The van der Waals surface area contributed by atoms with Crippen LogP contribution in [0, 0.1) is 0 Å². The van der Waals surface area contributed by atoms with Crippen LogP contribution in [0.4, 0.5) is 22.0 Å². The second-order valence-corrected chi connectivity index (χ2v) is 7.18. The molecule has 0 saturated carbocycles. The Morgan fingerprint density at radius 3 is 2.41 bits per heavy atom. The van der Waals surface area contributed by atoms with E-state index in [1.807, 2.05) is 6.26 Å². The molecule has 0 fully saturated rings. The third kappa shape index (κ3) is 6.24. The number of aromatic nitrogens is 2. The number of alkyl halides is 5. The van der Waals surface area contributed by atoms with E-state index >= 15 is 0 Å². The Kier molecular flexibility index (Phi) is 7.32. The molecule has 0 N–H and O–H groups in total. The largest absolute Gasteiger partial charge is 0.465 e. The molecule has 0 unspecified atom stereocenters. The van der Waals surface area contributed by atoms with Gasteiger partial charge in [0, 0.05) is 5.75 Å². The van der Waals surface area contributed by atoms with Gasteiger partial charge >= 0.3 is 18.1 Å². The number of thioether (sulfide) groups is 2. The second kappa shape index (κ2) is 8.29. The summed E-state index contributed by atoms with van der Waals surface area (Å²) in [5.41, 5.74) is 0. The minimum Gasteiger partial charge on any atom is -0.465 e. The van der Waals surface area contributed by atoms with Crippen molar-refractivity contribution in [1.82, 2.24) is 10.2 Å². The summed E-state index contributed by atoms with van der Waals surface area (Å²) in [6.07, 6.45) is -5.50. The van der Waals surface area contributed by atoms with Crippen molar-refractivity contribution >= 4 is 40.8 Å². The number of nitrogens with zero attached hydrogens (tertiary/aromatic N) is 2. The Hall–Kier alpha value is -0.620. The van der Waals surface area contributed by atoms with E-state index in [1.165, 1.54) is 34.9 Å². The second-order valence-electron chi connectivity index (χ2n) is 3.81. The highest BCUT2D eigenvalue weighted by Gasteiger charge is 2.56. The molecule has 0 spiro atoms. The maximum atomic E-state index is 12.6. The molecular weight excluding hydrogens is 371 g/mol. The standard InChI is InChI=1S/C10H11F5N2O2S3/c1-20-7-16-17-8(22-7)21-5-2-6(18)19-4-3-9(11,12)10(13,14)15/h2-5H2,1H3. The number of esters is 1. The molecular formula is C10H11F5N2O2S3. The molecule has 126 valence electrons. The molecule has 1 heterocycles. The summed E-state index contributed by atoms with van der Waals surface area (Å²) >= 11 is 3.99. The lowest BCUT2D eigenvalue weighted by Gasteiger charge is -2.19. The Bertz CT molecular complexity index is 495. The van der Waals surface area contributed by atoms with Gasteiger partial charge < -0.3 is 4.74 Å². The van der Waals surface area contributed by atoms with Crippen LogP contribution in [0.3, 0.4) is 0 Å². The molecule has 0 aliphatic carbocycles. The Labute approximate surface area is 135 Å². The Morgan fingerprint density at radius 1 is 1.23 bits per heavy atom. The lowest BCUT2D eigenvalue weighted by Crippen LogP contribution is -2.37. The summed E-state index contributed by atoms with van der Waals surface area (Å²) in [6.45, 7) is -0.981. The lowest BCUT2D eigenvalue weighted by molar-refractivity contribution is -0.286. The summed E-state index contributed by atoms with van der Waals surface area (Å²) in [6, 6.07) is 0. The van der Waals surface area contributed by atoms with Gasteiger partial charge in [-0.15, -0.1) is 10.2 Å². The quantitative estimate of drug-likeness (QED) is 0.386. The smallest absolute Gasteiger partial charge is 0.453 e. The minimum absolute atomic E-state index is 0.115. The van der Waals surface area contributed by atoms with E-state index in [-0.39, 0.29) is 12.2 Å². The SMILES string of the molecule is CSc1nnc(SCCC(=O)OCCC(F)(F)C(F)(F)F)s1. The van der Waals surface area contributed by atoms with Gasteiger partial charge in [0.2, 0.25) is 0 Å². The fourth-order valence-electron chi connectivity index (χ4n) is 1.07. The van der Waals surface area contributed by atoms with E-state index < -0.39 is 31.1 Å². The first-order valence-electron chi connectivity index (χ1n) is 5.76. The number of carbonyl (C=O) groups excluding carboxylic acids is 1.